The molecule has 33 heavy (non-hydrogen) atoms. The molecule has 0 saturated heterocycles. The van der Waals surface area contributed by atoms with Gasteiger partial charge in [-0.25, -0.2) is 9.97 Å². The molecule has 0 saturated carbocycles. The second kappa shape index (κ2) is 11.7. The van der Waals surface area contributed by atoms with Crippen molar-refractivity contribution < 1.29 is 13.2 Å². The first kappa shape index (κ1) is 24.6. The van der Waals surface area contributed by atoms with Crippen LogP contribution in [0.1, 0.15) is 25.2 Å². The lowest BCUT2D eigenvalue weighted by molar-refractivity contribution is -0.141. The number of pyridine rings is 2. The highest BCUT2D eigenvalue weighted by Crippen LogP contribution is 2.30. The van der Waals surface area contributed by atoms with Crippen molar-refractivity contribution in [1.29, 1.82) is 0 Å². The van der Waals surface area contributed by atoms with E-state index in [0.717, 1.165) is 27.4 Å². The molecule has 0 aliphatic heterocycles. The number of rotatable bonds is 10. The van der Waals surface area contributed by atoms with Crippen molar-refractivity contribution in [3.63, 3.8) is 0 Å². The fourth-order valence-electron chi connectivity index (χ4n) is 2.52. The van der Waals surface area contributed by atoms with Crippen molar-refractivity contribution in [2.24, 2.45) is 5.10 Å². The van der Waals surface area contributed by atoms with Crippen molar-refractivity contribution in [3.8, 4) is 0 Å². The number of halogens is 3. The number of nitrogens with one attached hydrogen (secondary N) is 3. The minimum Gasteiger partial charge on any atom is -0.297 e. The standard InChI is InChI=1S/C20H21F3N8S2/c1-3-32-15-7-5-9-24-18(15)30-26-12-14-13(11-17(29-28-14)20(21,22)23)27-31-19-16(33-4-2)8-6-10-25-19/h5-12H,3-4H2,1-2H3,(H,24,30)(H,25,31)(H,27,29)/b26-12+. The number of hydrogen-bond donors (Lipinski definition) is 3. The van der Waals surface area contributed by atoms with E-state index in [1.165, 1.54) is 6.21 Å². The molecule has 8 nitrogen and oxygen atoms in total. The zero-order valence-corrected chi connectivity index (χ0v) is 19.4. The van der Waals surface area contributed by atoms with Gasteiger partial charge in [0.1, 0.15) is 5.69 Å². The van der Waals surface area contributed by atoms with E-state index < -0.39 is 11.9 Å². The van der Waals surface area contributed by atoms with Gasteiger partial charge in [0.2, 0.25) is 0 Å². The van der Waals surface area contributed by atoms with Crippen LogP contribution >= 0.6 is 23.5 Å². The summed E-state index contributed by atoms with van der Waals surface area (Å²) in [5.74, 6) is 2.67. The lowest BCUT2D eigenvalue weighted by Gasteiger charge is -2.14. The van der Waals surface area contributed by atoms with Crippen LogP contribution in [0.5, 0.6) is 0 Å². The predicted molar refractivity (Wildman–Crippen MR) is 127 cm³/mol. The Labute approximate surface area is 197 Å². The van der Waals surface area contributed by atoms with Crippen LogP contribution in [-0.2, 0) is 6.18 Å². The van der Waals surface area contributed by atoms with E-state index in [9.17, 15) is 13.2 Å². The maximum absolute atomic E-state index is 13.2. The summed E-state index contributed by atoms with van der Waals surface area (Å²) < 4.78 is 39.6. The van der Waals surface area contributed by atoms with Crippen molar-refractivity contribution in [2.75, 3.05) is 27.8 Å². The molecule has 0 unspecified atom stereocenters. The van der Waals surface area contributed by atoms with E-state index in [1.807, 2.05) is 32.0 Å². The number of hydrazine groups is 1. The number of thioether (sulfide) groups is 2. The summed E-state index contributed by atoms with van der Waals surface area (Å²) in [7, 11) is 0. The summed E-state index contributed by atoms with van der Waals surface area (Å²) >= 11 is 3.13. The summed E-state index contributed by atoms with van der Waals surface area (Å²) in [6, 6.07) is 8.21. The Balaban J connectivity index is 1.84. The van der Waals surface area contributed by atoms with Gasteiger partial charge in [-0.1, -0.05) is 13.8 Å². The molecule has 0 fully saturated rings. The topological polar surface area (TPSA) is 100 Å². The van der Waals surface area contributed by atoms with Crippen LogP contribution in [0.25, 0.3) is 0 Å². The predicted octanol–water partition coefficient (Wildman–Crippen LogP) is 5.39. The third-order valence-electron chi connectivity index (χ3n) is 3.93. The molecule has 3 N–H and O–H groups in total. The number of hydrogen-bond acceptors (Lipinski definition) is 10. The van der Waals surface area contributed by atoms with Gasteiger partial charge in [-0.05, 0) is 41.8 Å². The van der Waals surface area contributed by atoms with Crippen molar-refractivity contribution in [1.82, 2.24) is 20.2 Å². The molecule has 0 amide bonds. The molecular formula is C20H21F3N8S2. The Bertz CT molecular complexity index is 1090. The maximum Gasteiger partial charge on any atom is 0.435 e. The third kappa shape index (κ3) is 6.96. The van der Waals surface area contributed by atoms with E-state index >= 15 is 0 Å². The average molecular weight is 495 g/mol. The molecule has 13 heteroatoms. The fourth-order valence-corrected chi connectivity index (χ4v) is 3.97. The van der Waals surface area contributed by atoms with Crippen LogP contribution in [0.2, 0.25) is 0 Å². The number of hydrazone groups is 1. The zero-order valence-electron chi connectivity index (χ0n) is 17.7. The van der Waals surface area contributed by atoms with Gasteiger partial charge in [-0.15, -0.1) is 33.7 Å². The quantitative estimate of drug-likeness (QED) is 0.194. The summed E-state index contributed by atoms with van der Waals surface area (Å²) in [6.07, 6.45) is -0.177. The van der Waals surface area contributed by atoms with Gasteiger partial charge >= 0.3 is 6.18 Å². The minimum absolute atomic E-state index is 0.0326. The van der Waals surface area contributed by atoms with Crippen LogP contribution in [0.3, 0.4) is 0 Å². The minimum atomic E-state index is -4.65. The van der Waals surface area contributed by atoms with Crippen LogP contribution in [0, 0.1) is 0 Å². The van der Waals surface area contributed by atoms with Gasteiger partial charge in [0.05, 0.1) is 21.7 Å². The van der Waals surface area contributed by atoms with Gasteiger partial charge in [0.25, 0.3) is 0 Å². The Morgan fingerprint density at radius 1 is 0.939 bits per heavy atom. The molecule has 0 aromatic carbocycles. The fraction of sp³-hybridized carbons (Fsp3) is 0.250. The van der Waals surface area contributed by atoms with Crippen molar-refractivity contribution in [3.05, 3.63) is 54.1 Å². The summed E-state index contributed by atoms with van der Waals surface area (Å²) in [6.45, 7) is 4.00. The molecule has 3 aromatic rings. The van der Waals surface area contributed by atoms with E-state index in [4.69, 9.17) is 0 Å². The van der Waals surface area contributed by atoms with E-state index in [-0.39, 0.29) is 11.4 Å². The molecule has 0 aliphatic carbocycles. The SMILES string of the molecule is CCSc1cccnc1N/N=C/c1nnc(C(F)(F)F)cc1NNc1ncccc1SCC. The smallest absolute Gasteiger partial charge is 0.297 e. The average Bonchev–Trinajstić information content (AvgIpc) is 2.80. The Morgan fingerprint density at radius 3 is 2.21 bits per heavy atom. The van der Waals surface area contributed by atoms with Crippen LogP contribution in [-0.4, -0.2) is 37.9 Å². The van der Waals surface area contributed by atoms with Crippen molar-refractivity contribution >= 4 is 47.1 Å². The van der Waals surface area contributed by atoms with Crippen molar-refractivity contribution in [2.45, 2.75) is 29.8 Å². The maximum atomic E-state index is 13.2. The van der Waals surface area contributed by atoms with E-state index in [2.05, 4.69) is 41.5 Å². The van der Waals surface area contributed by atoms with Gasteiger partial charge in [-0.2, -0.15) is 18.3 Å². The highest BCUT2D eigenvalue weighted by molar-refractivity contribution is 7.99. The molecule has 0 spiro atoms. The number of nitrogens with zero attached hydrogens (tertiary/aromatic N) is 5. The molecule has 3 rings (SSSR count). The van der Waals surface area contributed by atoms with E-state index in [1.54, 1.807) is 42.0 Å². The lowest BCUT2D eigenvalue weighted by atomic mass is 10.3. The van der Waals surface area contributed by atoms with Crippen LogP contribution in [0.15, 0.2) is 57.6 Å². The molecule has 0 radical (unpaired) electrons. The first-order chi connectivity index (χ1) is 15.9. The molecule has 0 atom stereocenters. The van der Waals surface area contributed by atoms with Gasteiger partial charge < -0.3 is 0 Å². The normalized spacial score (nSPS) is 11.5. The van der Waals surface area contributed by atoms with Gasteiger partial charge in [0.15, 0.2) is 17.3 Å². The number of aromatic nitrogens is 4. The van der Waals surface area contributed by atoms with Crippen LogP contribution < -0.4 is 16.3 Å². The Hall–Kier alpha value is -3.06. The van der Waals surface area contributed by atoms with Gasteiger partial charge in [0, 0.05) is 12.4 Å². The van der Waals surface area contributed by atoms with E-state index in [0.29, 0.717) is 11.6 Å². The summed E-state index contributed by atoms with van der Waals surface area (Å²) in [5.41, 5.74) is 7.40. The molecule has 3 aromatic heterocycles. The molecule has 0 aliphatic rings. The summed E-state index contributed by atoms with van der Waals surface area (Å²) in [4.78, 5) is 10.2. The zero-order chi connectivity index (χ0) is 23.7. The highest BCUT2D eigenvalue weighted by Gasteiger charge is 2.34. The largest absolute Gasteiger partial charge is 0.435 e. The molecule has 3 heterocycles. The monoisotopic (exact) mass is 494 g/mol. The first-order valence-electron chi connectivity index (χ1n) is 9.84. The Morgan fingerprint density at radius 2 is 1.58 bits per heavy atom. The highest BCUT2D eigenvalue weighted by atomic mass is 32.2. The molecule has 174 valence electrons. The van der Waals surface area contributed by atoms with Gasteiger partial charge in [-0.3, -0.25) is 16.3 Å². The second-order valence-electron chi connectivity index (χ2n) is 6.21. The Kier molecular flexibility index (Phi) is 8.72. The lowest BCUT2D eigenvalue weighted by Crippen LogP contribution is -2.17. The third-order valence-corrected chi connectivity index (χ3v) is 5.79. The molecule has 0 bridgehead atoms. The number of anilines is 3. The summed E-state index contributed by atoms with van der Waals surface area (Å²) in [5, 5.41) is 11.1. The molecular weight excluding hydrogens is 473 g/mol. The van der Waals surface area contributed by atoms with Crippen LogP contribution in [0.4, 0.5) is 30.5 Å². The second-order valence-corrected chi connectivity index (χ2v) is 8.82. The number of alkyl halides is 3. The first-order valence-corrected chi connectivity index (χ1v) is 11.8.